The van der Waals surface area contributed by atoms with Crippen LogP contribution in [0.5, 0.6) is 0 Å². The fourth-order valence-electron chi connectivity index (χ4n) is 1.88. The van der Waals surface area contributed by atoms with Gasteiger partial charge in [-0.05, 0) is 24.3 Å². The maximum atomic E-state index is 12.5. The lowest BCUT2D eigenvalue weighted by Gasteiger charge is -2.20. The number of nitrogens with zero attached hydrogens (tertiary/aromatic N) is 1. The molecule has 0 aliphatic heterocycles. The van der Waals surface area contributed by atoms with Crippen LogP contribution in [0.2, 0.25) is 0 Å². The van der Waals surface area contributed by atoms with Crippen LogP contribution in [0.3, 0.4) is 0 Å². The molecule has 0 aromatic heterocycles. The Morgan fingerprint density at radius 3 is 1.57 bits per heavy atom. The summed E-state index contributed by atoms with van der Waals surface area (Å²) >= 11 is 3.22. The summed E-state index contributed by atoms with van der Waals surface area (Å²) < 4.78 is 0.566. The van der Waals surface area contributed by atoms with Crippen LogP contribution in [0.4, 0.5) is 0 Å². The van der Waals surface area contributed by atoms with Gasteiger partial charge in [0.2, 0.25) is 0 Å². The van der Waals surface area contributed by atoms with Crippen LogP contribution >= 0.6 is 15.9 Å². The third-order valence-corrected chi connectivity index (χ3v) is 3.11. The molecule has 106 valence electrons. The highest BCUT2D eigenvalue weighted by molar-refractivity contribution is 9.11. The summed E-state index contributed by atoms with van der Waals surface area (Å²) in [6.07, 6.45) is 0. The summed E-state index contributed by atoms with van der Waals surface area (Å²) in [6.45, 7) is 3.84. The zero-order valence-electron chi connectivity index (χ0n) is 11.3. The molecule has 0 saturated heterocycles. The summed E-state index contributed by atoms with van der Waals surface area (Å²) in [6, 6.07) is 17.4. The van der Waals surface area contributed by atoms with Crippen molar-refractivity contribution >= 4 is 27.7 Å². The van der Waals surface area contributed by atoms with E-state index in [1.165, 1.54) is 4.90 Å². The Balaban J connectivity index is 2.33. The van der Waals surface area contributed by atoms with Crippen molar-refractivity contribution in [3.63, 3.8) is 0 Å². The first-order chi connectivity index (χ1) is 10.1. The second-order valence-electron chi connectivity index (χ2n) is 4.45. The highest BCUT2D eigenvalue weighted by Gasteiger charge is 2.24. The van der Waals surface area contributed by atoms with Gasteiger partial charge in [0.1, 0.15) is 0 Å². The number of benzene rings is 2. The van der Waals surface area contributed by atoms with E-state index in [9.17, 15) is 9.59 Å². The lowest BCUT2D eigenvalue weighted by atomic mass is 10.1. The lowest BCUT2D eigenvalue weighted by Crippen LogP contribution is -2.37. The summed E-state index contributed by atoms with van der Waals surface area (Å²) in [7, 11) is 0. The summed E-state index contributed by atoms with van der Waals surface area (Å²) in [5.74, 6) is -0.685. The van der Waals surface area contributed by atoms with Crippen molar-refractivity contribution in [2.24, 2.45) is 0 Å². The number of rotatable bonds is 4. The summed E-state index contributed by atoms with van der Waals surface area (Å²) in [4.78, 5) is 26.3. The van der Waals surface area contributed by atoms with Crippen LogP contribution in [-0.4, -0.2) is 23.3 Å². The molecule has 0 fully saturated rings. The first kappa shape index (κ1) is 15.2. The van der Waals surface area contributed by atoms with E-state index in [1.54, 1.807) is 48.5 Å². The Kier molecular flexibility index (Phi) is 5.06. The first-order valence-electron chi connectivity index (χ1n) is 6.39. The van der Waals surface area contributed by atoms with Gasteiger partial charge in [-0.25, -0.2) is 0 Å². The number of halogens is 1. The maximum Gasteiger partial charge on any atom is 0.261 e. The average molecular weight is 344 g/mol. The average Bonchev–Trinajstić information content (AvgIpc) is 2.53. The normalized spacial score (nSPS) is 9.95. The number of carbonyl (C=O) groups excluding carboxylic acids is 2. The van der Waals surface area contributed by atoms with Gasteiger partial charge in [-0.3, -0.25) is 14.5 Å². The highest BCUT2D eigenvalue weighted by Crippen LogP contribution is 2.14. The second-order valence-corrected chi connectivity index (χ2v) is 5.57. The van der Waals surface area contributed by atoms with Crippen LogP contribution in [0.25, 0.3) is 0 Å². The van der Waals surface area contributed by atoms with Gasteiger partial charge in [0, 0.05) is 15.6 Å². The Bertz CT molecular complexity index is 602. The minimum absolute atomic E-state index is 0.126. The third kappa shape index (κ3) is 3.89. The zero-order chi connectivity index (χ0) is 15.2. The van der Waals surface area contributed by atoms with Gasteiger partial charge < -0.3 is 0 Å². The number of imide groups is 1. The fraction of sp³-hybridized carbons (Fsp3) is 0.0588. The SMILES string of the molecule is C=C(Br)CN(C(=O)c1ccccc1)C(=O)c1ccccc1. The molecular formula is C17H14BrNO2. The van der Waals surface area contributed by atoms with Crippen molar-refractivity contribution in [3.8, 4) is 0 Å². The molecule has 0 saturated carbocycles. The van der Waals surface area contributed by atoms with E-state index in [4.69, 9.17) is 0 Å². The largest absolute Gasteiger partial charge is 0.269 e. The monoisotopic (exact) mass is 343 g/mol. The first-order valence-corrected chi connectivity index (χ1v) is 7.18. The Morgan fingerprint density at radius 1 is 0.857 bits per heavy atom. The zero-order valence-corrected chi connectivity index (χ0v) is 12.9. The van der Waals surface area contributed by atoms with Crippen LogP contribution in [-0.2, 0) is 0 Å². The molecule has 0 aliphatic carbocycles. The van der Waals surface area contributed by atoms with Gasteiger partial charge in [-0.1, -0.05) is 58.9 Å². The Hall–Kier alpha value is -2.20. The van der Waals surface area contributed by atoms with Gasteiger partial charge in [0.05, 0.1) is 6.54 Å². The molecular weight excluding hydrogens is 330 g/mol. The number of carbonyl (C=O) groups is 2. The van der Waals surface area contributed by atoms with Crippen molar-refractivity contribution < 1.29 is 9.59 Å². The lowest BCUT2D eigenvalue weighted by molar-refractivity contribution is 0.0633. The molecule has 2 aromatic carbocycles. The van der Waals surface area contributed by atoms with Crippen molar-refractivity contribution in [2.45, 2.75) is 0 Å². The van der Waals surface area contributed by atoms with E-state index in [-0.39, 0.29) is 18.4 Å². The second kappa shape index (κ2) is 6.99. The smallest absolute Gasteiger partial charge is 0.261 e. The van der Waals surface area contributed by atoms with E-state index < -0.39 is 0 Å². The van der Waals surface area contributed by atoms with Gasteiger partial charge in [-0.15, -0.1) is 0 Å². The van der Waals surface area contributed by atoms with Gasteiger partial charge in [-0.2, -0.15) is 0 Å². The molecule has 3 nitrogen and oxygen atoms in total. The fourth-order valence-corrected chi connectivity index (χ4v) is 2.13. The molecule has 0 radical (unpaired) electrons. The molecule has 0 heterocycles. The van der Waals surface area contributed by atoms with E-state index in [1.807, 2.05) is 12.1 Å². The van der Waals surface area contributed by atoms with Gasteiger partial charge >= 0.3 is 0 Å². The van der Waals surface area contributed by atoms with Crippen molar-refractivity contribution in [1.82, 2.24) is 4.90 Å². The van der Waals surface area contributed by atoms with Crippen molar-refractivity contribution in [1.29, 1.82) is 0 Å². The quantitative estimate of drug-likeness (QED) is 0.790. The van der Waals surface area contributed by atoms with Crippen LogP contribution < -0.4 is 0 Å². The van der Waals surface area contributed by atoms with E-state index >= 15 is 0 Å². The molecule has 4 heteroatoms. The van der Waals surface area contributed by atoms with Crippen molar-refractivity contribution in [2.75, 3.05) is 6.54 Å². The molecule has 0 spiro atoms. The van der Waals surface area contributed by atoms with Gasteiger partial charge in [0.25, 0.3) is 11.8 Å². The number of hydrogen-bond acceptors (Lipinski definition) is 2. The minimum Gasteiger partial charge on any atom is -0.269 e. The maximum absolute atomic E-state index is 12.5. The summed E-state index contributed by atoms with van der Waals surface area (Å²) in [5.41, 5.74) is 0.936. The third-order valence-electron chi connectivity index (χ3n) is 2.86. The van der Waals surface area contributed by atoms with Crippen LogP contribution in [0.1, 0.15) is 20.7 Å². The molecule has 0 N–H and O–H groups in total. The standard InChI is InChI=1S/C17H14BrNO2/c1-13(18)12-19(16(20)14-8-4-2-5-9-14)17(21)15-10-6-3-7-11-15/h2-11H,1,12H2. The van der Waals surface area contributed by atoms with Crippen LogP contribution in [0.15, 0.2) is 71.7 Å². The molecule has 0 atom stereocenters. The molecule has 0 aliphatic rings. The Labute approximate surface area is 132 Å². The highest BCUT2D eigenvalue weighted by atomic mass is 79.9. The Morgan fingerprint density at radius 2 is 1.24 bits per heavy atom. The van der Waals surface area contributed by atoms with E-state index in [0.29, 0.717) is 15.6 Å². The molecule has 2 amide bonds. The minimum atomic E-state index is -0.343. The molecule has 2 aromatic rings. The number of hydrogen-bond donors (Lipinski definition) is 0. The van der Waals surface area contributed by atoms with E-state index in [0.717, 1.165) is 0 Å². The number of amides is 2. The molecule has 21 heavy (non-hydrogen) atoms. The van der Waals surface area contributed by atoms with Crippen molar-refractivity contribution in [3.05, 3.63) is 82.9 Å². The topological polar surface area (TPSA) is 37.4 Å². The van der Waals surface area contributed by atoms with Gasteiger partial charge in [0.15, 0.2) is 0 Å². The van der Waals surface area contributed by atoms with Crippen LogP contribution in [0, 0.1) is 0 Å². The molecule has 0 unspecified atom stereocenters. The predicted molar refractivity (Wildman–Crippen MR) is 86.3 cm³/mol. The molecule has 2 rings (SSSR count). The summed E-state index contributed by atoms with van der Waals surface area (Å²) in [5, 5.41) is 0. The predicted octanol–water partition coefficient (Wildman–Crippen LogP) is 3.88. The van der Waals surface area contributed by atoms with E-state index in [2.05, 4.69) is 22.5 Å². The molecule has 0 bridgehead atoms.